The van der Waals surface area contributed by atoms with Crippen molar-refractivity contribution >= 4 is 23.3 Å². The van der Waals surface area contributed by atoms with Crippen molar-refractivity contribution < 1.29 is 19.1 Å². The Bertz CT molecular complexity index is 820. The van der Waals surface area contributed by atoms with Gasteiger partial charge in [0.25, 0.3) is 5.91 Å². The first-order valence-electron chi connectivity index (χ1n) is 9.73. The lowest BCUT2D eigenvalue weighted by atomic mass is 10.2. The lowest BCUT2D eigenvalue weighted by Crippen LogP contribution is -2.41. The van der Waals surface area contributed by atoms with Crippen LogP contribution in [0, 0.1) is 0 Å². The van der Waals surface area contributed by atoms with E-state index >= 15 is 0 Å². The smallest absolute Gasteiger partial charge is 0.338 e. The number of nitrogens with zero attached hydrogens (tertiary/aromatic N) is 2. The number of carbonyl (C=O) groups is 2. The molecule has 2 N–H and O–H groups in total. The normalized spacial score (nSPS) is 14.2. The minimum atomic E-state index is -0.350. The second-order valence-corrected chi connectivity index (χ2v) is 6.60. The largest absolute Gasteiger partial charge is 0.462 e. The first-order chi connectivity index (χ1) is 14.2. The fraction of sp³-hybridized carbons (Fsp3) is 0.381. The van der Waals surface area contributed by atoms with Gasteiger partial charge in [0.2, 0.25) is 0 Å². The molecule has 8 nitrogen and oxygen atoms in total. The molecule has 0 unspecified atom stereocenters. The number of esters is 1. The maximum atomic E-state index is 12.4. The predicted octanol–water partition coefficient (Wildman–Crippen LogP) is 2.06. The van der Waals surface area contributed by atoms with Crippen molar-refractivity contribution in [3.63, 3.8) is 0 Å². The molecule has 1 saturated heterocycles. The van der Waals surface area contributed by atoms with E-state index in [2.05, 4.69) is 20.5 Å². The summed E-state index contributed by atoms with van der Waals surface area (Å²) in [5.74, 6) is -0.511. The second-order valence-electron chi connectivity index (χ2n) is 6.60. The van der Waals surface area contributed by atoms with Gasteiger partial charge in [0.05, 0.1) is 42.8 Å². The number of anilines is 2. The fourth-order valence-electron chi connectivity index (χ4n) is 2.96. The van der Waals surface area contributed by atoms with Crippen LogP contribution >= 0.6 is 0 Å². The van der Waals surface area contributed by atoms with Crippen LogP contribution in [0.2, 0.25) is 0 Å². The Kier molecular flexibility index (Phi) is 7.54. The highest BCUT2D eigenvalue weighted by Gasteiger charge is 2.12. The van der Waals surface area contributed by atoms with Crippen LogP contribution < -0.4 is 10.6 Å². The summed E-state index contributed by atoms with van der Waals surface area (Å²) in [6.45, 7) is 6.76. The molecular weight excluding hydrogens is 372 g/mol. The Balaban J connectivity index is 1.53. The molecule has 2 aromatic rings. The molecule has 0 spiro atoms. The molecule has 1 amide bonds. The van der Waals surface area contributed by atoms with Gasteiger partial charge < -0.3 is 20.1 Å². The third-order valence-corrected chi connectivity index (χ3v) is 4.50. The monoisotopic (exact) mass is 398 g/mol. The number of morpholine rings is 1. The van der Waals surface area contributed by atoms with Crippen LogP contribution in [0.1, 0.15) is 27.6 Å². The molecule has 1 aliphatic heterocycles. The predicted molar refractivity (Wildman–Crippen MR) is 110 cm³/mol. The standard InChI is InChI=1S/C21H26N4O4/c1-2-29-21(27)16-3-5-18(6-4-16)24-19-13-17(14-22-15-19)20(26)23-7-8-25-9-11-28-12-10-25/h3-6,13-15,24H,2,7-12H2,1H3,(H,23,26). The molecule has 3 rings (SSSR count). The molecule has 0 aliphatic carbocycles. The molecule has 29 heavy (non-hydrogen) atoms. The highest BCUT2D eigenvalue weighted by atomic mass is 16.5. The summed E-state index contributed by atoms with van der Waals surface area (Å²) in [6.07, 6.45) is 3.18. The molecule has 1 fully saturated rings. The van der Waals surface area contributed by atoms with Crippen molar-refractivity contribution in [2.45, 2.75) is 6.92 Å². The average molecular weight is 398 g/mol. The van der Waals surface area contributed by atoms with E-state index in [9.17, 15) is 9.59 Å². The number of amides is 1. The average Bonchev–Trinajstić information content (AvgIpc) is 2.75. The number of rotatable bonds is 8. The molecular formula is C21H26N4O4. The minimum absolute atomic E-state index is 0.160. The van der Waals surface area contributed by atoms with Gasteiger partial charge in [-0.05, 0) is 37.3 Å². The first-order valence-corrected chi connectivity index (χ1v) is 9.73. The van der Waals surface area contributed by atoms with Gasteiger partial charge in [0.1, 0.15) is 0 Å². The maximum absolute atomic E-state index is 12.4. The van der Waals surface area contributed by atoms with Crippen molar-refractivity contribution in [1.82, 2.24) is 15.2 Å². The Morgan fingerprint density at radius 2 is 1.86 bits per heavy atom. The molecule has 0 bridgehead atoms. The molecule has 0 radical (unpaired) electrons. The maximum Gasteiger partial charge on any atom is 0.338 e. The van der Waals surface area contributed by atoms with Crippen molar-refractivity contribution in [2.24, 2.45) is 0 Å². The Hall–Kier alpha value is -2.97. The van der Waals surface area contributed by atoms with Gasteiger partial charge in [-0.15, -0.1) is 0 Å². The molecule has 2 heterocycles. The summed E-state index contributed by atoms with van der Waals surface area (Å²) < 4.78 is 10.3. The van der Waals surface area contributed by atoms with Crippen LogP contribution in [0.4, 0.5) is 11.4 Å². The number of carbonyl (C=O) groups excluding carboxylic acids is 2. The number of pyridine rings is 1. The quantitative estimate of drug-likeness (QED) is 0.658. The summed E-state index contributed by atoms with van der Waals surface area (Å²) in [6, 6.07) is 8.69. The van der Waals surface area contributed by atoms with E-state index < -0.39 is 0 Å². The number of hydrogen-bond acceptors (Lipinski definition) is 7. The molecule has 0 saturated carbocycles. The van der Waals surface area contributed by atoms with E-state index in [0.29, 0.717) is 30.0 Å². The van der Waals surface area contributed by atoms with E-state index in [-0.39, 0.29) is 11.9 Å². The van der Waals surface area contributed by atoms with Crippen molar-refractivity contribution in [3.05, 3.63) is 53.9 Å². The lowest BCUT2D eigenvalue weighted by Gasteiger charge is -2.26. The molecule has 154 valence electrons. The minimum Gasteiger partial charge on any atom is -0.462 e. The SMILES string of the molecule is CCOC(=O)c1ccc(Nc2cncc(C(=O)NCCN3CCOCC3)c2)cc1. The van der Waals surface area contributed by atoms with Crippen molar-refractivity contribution in [2.75, 3.05) is 51.3 Å². The highest BCUT2D eigenvalue weighted by Crippen LogP contribution is 2.18. The van der Waals surface area contributed by atoms with Crippen molar-refractivity contribution in [3.8, 4) is 0 Å². The third kappa shape index (κ3) is 6.27. The van der Waals surface area contributed by atoms with Crippen LogP contribution in [0.15, 0.2) is 42.7 Å². The van der Waals surface area contributed by atoms with E-state index in [1.807, 2.05) is 0 Å². The van der Waals surface area contributed by atoms with Crippen LogP contribution in [-0.4, -0.2) is 67.8 Å². The van der Waals surface area contributed by atoms with Crippen molar-refractivity contribution in [1.29, 1.82) is 0 Å². The fourth-order valence-corrected chi connectivity index (χ4v) is 2.96. The Morgan fingerprint density at radius 3 is 2.59 bits per heavy atom. The Labute approximate surface area is 170 Å². The van der Waals surface area contributed by atoms with Gasteiger partial charge in [0, 0.05) is 38.1 Å². The zero-order chi connectivity index (χ0) is 20.5. The van der Waals surface area contributed by atoms with Gasteiger partial charge in [-0.1, -0.05) is 0 Å². The summed E-state index contributed by atoms with van der Waals surface area (Å²) in [7, 11) is 0. The van der Waals surface area contributed by atoms with Gasteiger partial charge in [-0.25, -0.2) is 4.79 Å². The summed E-state index contributed by atoms with van der Waals surface area (Å²) in [5, 5.41) is 6.12. The molecule has 8 heteroatoms. The number of ether oxygens (including phenoxy) is 2. The zero-order valence-electron chi connectivity index (χ0n) is 16.5. The van der Waals surface area contributed by atoms with Gasteiger partial charge in [-0.3, -0.25) is 14.7 Å². The Morgan fingerprint density at radius 1 is 1.10 bits per heavy atom. The third-order valence-electron chi connectivity index (χ3n) is 4.50. The van der Waals surface area contributed by atoms with E-state index in [1.54, 1.807) is 49.6 Å². The molecule has 1 aromatic carbocycles. The van der Waals surface area contributed by atoms with Crippen LogP contribution in [0.3, 0.4) is 0 Å². The topological polar surface area (TPSA) is 92.8 Å². The van der Waals surface area contributed by atoms with E-state index in [4.69, 9.17) is 9.47 Å². The molecule has 1 aliphatic rings. The summed E-state index contributed by atoms with van der Waals surface area (Å²) in [4.78, 5) is 30.5. The number of benzene rings is 1. The van der Waals surface area contributed by atoms with Crippen LogP contribution in [0.5, 0.6) is 0 Å². The van der Waals surface area contributed by atoms with Gasteiger partial charge >= 0.3 is 5.97 Å². The lowest BCUT2D eigenvalue weighted by molar-refractivity contribution is 0.0383. The highest BCUT2D eigenvalue weighted by molar-refractivity contribution is 5.95. The van der Waals surface area contributed by atoms with Gasteiger partial charge in [0.15, 0.2) is 0 Å². The zero-order valence-corrected chi connectivity index (χ0v) is 16.5. The van der Waals surface area contributed by atoms with E-state index in [1.165, 1.54) is 0 Å². The van der Waals surface area contributed by atoms with Crippen LogP contribution in [-0.2, 0) is 9.47 Å². The van der Waals surface area contributed by atoms with Crippen LogP contribution in [0.25, 0.3) is 0 Å². The first kappa shape index (κ1) is 20.8. The number of aromatic nitrogens is 1. The molecule has 0 atom stereocenters. The second kappa shape index (κ2) is 10.5. The summed E-state index contributed by atoms with van der Waals surface area (Å²) in [5.41, 5.74) is 2.45. The van der Waals surface area contributed by atoms with E-state index in [0.717, 1.165) is 38.5 Å². The summed E-state index contributed by atoms with van der Waals surface area (Å²) >= 11 is 0. The molecule has 1 aromatic heterocycles. The number of nitrogens with one attached hydrogen (secondary N) is 2. The number of hydrogen-bond donors (Lipinski definition) is 2. The van der Waals surface area contributed by atoms with Gasteiger partial charge in [-0.2, -0.15) is 0 Å².